The number of aliphatic carboxylic acids is 2. The second-order valence-corrected chi connectivity index (χ2v) is 7.94. The van der Waals surface area contributed by atoms with E-state index in [1.54, 1.807) is 25.3 Å². The molecule has 0 unspecified atom stereocenters. The molecule has 0 fully saturated rings. The minimum absolute atomic E-state index is 0.139. The molecule has 0 aliphatic rings. The zero-order valence-electron chi connectivity index (χ0n) is 21.0. The Labute approximate surface area is 226 Å². The first-order valence-corrected chi connectivity index (χ1v) is 11.0. The van der Waals surface area contributed by atoms with Gasteiger partial charge in [0.2, 0.25) is 0 Å². The molecule has 2 heterocycles. The normalized spacial score (nSPS) is 11.0. The second kappa shape index (κ2) is 13.3. The standard InChI is InChI=1S/C20H19N5O2.2C2HF3O2/c1-25(12-13-4-3-5-16(8-13)27-2)20(26)19-17-7-6-14(9-18(17)23-24-19)15-10-21-22-11-15;2*3-2(4,5)1(6)7/h3-11H,12H2,1-2H3,(H,21,22)(H,23,24);2*(H,6,7). The van der Waals surface area contributed by atoms with Gasteiger partial charge < -0.3 is 19.8 Å². The smallest absolute Gasteiger partial charge is 0.490 e. The summed E-state index contributed by atoms with van der Waals surface area (Å²) in [5.41, 5.74) is 4.20. The van der Waals surface area contributed by atoms with Crippen molar-refractivity contribution in [2.75, 3.05) is 14.2 Å². The summed E-state index contributed by atoms with van der Waals surface area (Å²) in [5.74, 6) is -4.88. The van der Waals surface area contributed by atoms with E-state index in [1.165, 1.54) is 0 Å². The maximum atomic E-state index is 12.9. The molecule has 4 aromatic rings. The van der Waals surface area contributed by atoms with Crippen LogP contribution in [0.3, 0.4) is 0 Å². The van der Waals surface area contributed by atoms with E-state index >= 15 is 0 Å². The number of carboxylic acid groups (broad SMARTS) is 2. The number of nitrogens with one attached hydrogen (secondary N) is 2. The number of hydrogen-bond donors (Lipinski definition) is 4. The number of hydrogen-bond acceptors (Lipinski definition) is 6. The summed E-state index contributed by atoms with van der Waals surface area (Å²) in [6, 6.07) is 13.5. The number of aromatic amines is 2. The van der Waals surface area contributed by atoms with Crippen LogP contribution in [0, 0.1) is 0 Å². The fourth-order valence-corrected chi connectivity index (χ4v) is 3.07. The van der Waals surface area contributed by atoms with Crippen molar-refractivity contribution >= 4 is 28.7 Å². The molecule has 0 saturated heterocycles. The number of methoxy groups -OCH3 is 1. The molecule has 0 radical (unpaired) electrons. The van der Waals surface area contributed by atoms with Crippen LogP contribution in [0.5, 0.6) is 5.75 Å². The number of fused-ring (bicyclic) bond motifs is 1. The van der Waals surface area contributed by atoms with Crippen LogP contribution in [0.15, 0.2) is 54.9 Å². The predicted molar refractivity (Wildman–Crippen MR) is 130 cm³/mol. The number of alkyl halides is 6. The molecule has 2 aromatic heterocycles. The molecule has 0 aliphatic carbocycles. The van der Waals surface area contributed by atoms with Crippen LogP contribution in [-0.4, -0.2) is 79.9 Å². The molecular formula is C24H21F6N5O6. The summed E-state index contributed by atoms with van der Waals surface area (Å²) in [7, 11) is 3.39. The quantitative estimate of drug-likeness (QED) is 0.248. The lowest BCUT2D eigenvalue weighted by atomic mass is 10.1. The van der Waals surface area contributed by atoms with Crippen molar-refractivity contribution in [2.45, 2.75) is 18.9 Å². The highest BCUT2D eigenvalue weighted by Crippen LogP contribution is 2.25. The highest BCUT2D eigenvalue weighted by Gasteiger charge is 2.38. The molecule has 4 N–H and O–H groups in total. The summed E-state index contributed by atoms with van der Waals surface area (Å²) in [5, 5.41) is 29.0. The van der Waals surface area contributed by atoms with Crippen LogP contribution in [0.25, 0.3) is 22.0 Å². The third-order valence-corrected chi connectivity index (χ3v) is 4.98. The number of carbonyl (C=O) groups excluding carboxylic acids is 1. The number of halogens is 6. The van der Waals surface area contributed by atoms with Crippen molar-refractivity contribution in [1.82, 2.24) is 25.3 Å². The van der Waals surface area contributed by atoms with Crippen molar-refractivity contribution in [1.29, 1.82) is 0 Å². The summed E-state index contributed by atoms with van der Waals surface area (Å²) in [4.78, 5) is 32.3. The maximum Gasteiger partial charge on any atom is 0.490 e. The molecule has 11 nitrogen and oxygen atoms in total. The molecule has 220 valence electrons. The predicted octanol–water partition coefficient (Wildman–Crippen LogP) is 4.50. The van der Waals surface area contributed by atoms with Crippen molar-refractivity contribution < 1.29 is 55.7 Å². The van der Waals surface area contributed by atoms with E-state index in [9.17, 15) is 31.1 Å². The molecule has 17 heteroatoms. The Bertz CT molecular complexity index is 1460. The number of ether oxygens (including phenoxy) is 1. The molecule has 0 spiro atoms. The van der Waals surface area contributed by atoms with Gasteiger partial charge in [-0.25, -0.2) is 9.59 Å². The van der Waals surface area contributed by atoms with Gasteiger partial charge in [0.1, 0.15) is 5.75 Å². The van der Waals surface area contributed by atoms with Gasteiger partial charge in [-0.05, 0) is 35.4 Å². The van der Waals surface area contributed by atoms with Gasteiger partial charge in [0.25, 0.3) is 5.91 Å². The molecule has 0 bridgehead atoms. The Kier molecular flexibility index (Phi) is 10.4. The molecule has 41 heavy (non-hydrogen) atoms. The topological polar surface area (TPSA) is 162 Å². The van der Waals surface area contributed by atoms with Crippen molar-refractivity contribution in [3.63, 3.8) is 0 Å². The Morgan fingerprint density at radius 1 is 0.951 bits per heavy atom. The third kappa shape index (κ3) is 9.26. The molecule has 1 amide bonds. The Morgan fingerprint density at radius 2 is 1.56 bits per heavy atom. The zero-order chi connectivity index (χ0) is 31.0. The summed E-state index contributed by atoms with van der Waals surface area (Å²) < 4.78 is 68.7. The first-order chi connectivity index (χ1) is 19.0. The minimum atomic E-state index is -5.08. The van der Waals surface area contributed by atoms with Gasteiger partial charge >= 0.3 is 24.3 Å². The number of aromatic nitrogens is 4. The van der Waals surface area contributed by atoms with Gasteiger partial charge in [0, 0.05) is 30.7 Å². The highest BCUT2D eigenvalue weighted by atomic mass is 19.4. The average molecular weight is 589 g/mol. The number of benzene rings is 2. The van der Waals surface area contributed by atoms with E-state index in [4.69, 9.17) is 24.5 Å². The van der Waals surface area contributed by atoms with Crippen LogP contribution in [0.1, 0.15) is 16.1 Å². The Morgan fingerprint density at radius 3 is 2.07 bits per heavy atom. The fourth-order valence-electron chi connectivity index (χ4n) is 3.07. The third-order valence-electron chi connectivity index (χ3n) is 4.98. The zero-order valence-corrected chi connectivity index (χ0v) is 21.0. The lowest BCUT2D eigenvalue weighted by Crippen LogP contribution is -2.26. The highest BCUT2D eigenvalue weighted by molar-refractivity contribution is 6.05. The number of carboxylic acids is 2. The van der Waals surface area contributed by atoms with Crippen LogP contribution in [-0.2, 0) is 16.1 Å². The minimum Gasteiger partial charge on any atom is -0.497 e. The number of nitrogens with zero attached hydrogens (tertiary/aromatic N) is 3. The van der Waals surface area contributed by atoms with E-state index in [1.807, 2.05) is 48.7 Å². The van der Waals surface area contributed by atoms with E-state index < -0.39 is 24.3 Å². The van der Waals surface area contributed by atoms with Gasteiger partial charge in [-0.1, -0.05) is 18.2 Å². The molecular weight excluding hydrogens is 568 g/mol. The SMILES string of the molecule is COc1cccc(CN(C)C(=O)c2n[nH]c3cc(-c4cn[nH]c4)ccc23)c1.O=C(O)C(F)(F)F.O=C(O)C(F)(F)F. The van der Waals surface area contributed by atoms with Gasteiger partial charge in [0.15, 0.2) is 5.69 Å². The number of carbonyl (C=O) groups is 3. The number of rotatable bonds is 5. The number of H-pyrrole nitrogens is 2. The van der Waals surface area contributed by atoms with Crippen LogP contribution in [0.2, 0.25) is 0 Å². The largest absolute Gasteiger partial charge is 0.497 e. The molecule has 0 saturated carbocycles. The lowest BCUT2D eigenvalue weighted by Gasteiger charge is -2.16. The van der Waals surface area contributed by atoms with Crippen molar-refractivity contribution in [3.8, 4) is 16.9 Å². The molecule has 2 aromatic carbocycles. The van der Waals surface area contributed by atoms with Gasteiger partial charge in [0.05, 0.1) is 18.8 Å². The van der Waals surface area contributed by atoms with Crippen LogP contribution in [0.4, 0.5) is 26.3 Å². The summed E-state index contributed by atoms with van der Waals surface area (Å²) in [6.07, 6.45) is -6.59. The Balaban J connectivity index is 0.000000349. The fraction of sp³-hybridized carbons (Fsp3) is 0.208. The van der Waals surface area contributed by atoms with Gasteiger partial charge in [-0.15, -0.1) is 0 Å². The van der Waals surface area contributed by atoms with E-state index in [2.05, 4.69) is 20.4 Å². The van der Waals surface area contributed by atoms with Crippen molar-refractivity contribution in [2.24, 2.45) is 0 Å². The van der Waals surface area contributed by atoms with Crippen LogP contribution >= 0.6 is 0 Å². The average Bonchev–Trinajstić information content (AvgIpc) is 3.58. The van der Waals surface area contributed by atoms with Gasteiger partial charge in [-0.2, -0.15) is 36.5 Å². The molecule has 4 rings (SSSR count). The van der Waals surface area contributed by atoms with E-state index in [0.717, 1.165) is 33.3 Å². The first-order valence-electron chi connectivity index (χ1n) is 11.0. The second-order valence-electron chi connectivity index (χ2n) is 7.94. The monoisotopic (exact) mass is 589 g/mol. The summed E-state index contributed by atoms with van der Waals surface area (Å²) >= 11 is 0. The Hall–Kier alpha value is -5.09. The van der Waals surface area contributed by atoms with E-state index in [0.29, 0.717) is 12.2 Å². The summed E-state index contributed by atoms with van der Waals surface area (Å²) in [6.45, 7) is 0.470. The van der Waals surface area contributed by atoms with Crippen molar-refractivity contribution in [3.05, 3.63) is 66.1 Å². The number of amides is 1. The van der Waals surface area contributed by atoms with Crippen LogP contribution < -0.4 is 4.74 Å². The van der Waals surface area contributed by atoms with Gasteiger partial charge in [-0.3, -0.25) is 15.0 Å². The molecule has 0 atom stereocenters. The first kappa shape index (κ1) is 32.1. The lowest BCUT2D eigenvalue weighted by molar-refractivity contribution is -0.193. The van der Waals surface area contributed by atoms with E-state index in [-0.39, 0.29) is 5.91 Å². The molecule has 0 aliphatic heterocycles. The maximum absolute atomic E-state index is 12.9.